The molecule has 1 rings (SSSR count). The van der Waals surface area contributed by atoms with E-state index in [1.165, 1.54) is 0 Å². The average Bonchev–Trinajstić information content (AvgIpc) is 2.30. The quantitative estimate of drug-likeness (QED) is 0.756. The Balaban J connectivity index is 2.35. The number of benzene rings is 1. The van der Waals surface area contributed by atoms with E-state index in [1.54, 1.807) is 18.2 Å². The van der Waals surface area contributed by atoms with Gasteiger partial charge in [-0.1, -0.05) is 13.8 Å². The molecule has 17 heavy (non-hydrogen) atoms. The van der Waals surface area contributed by atoms with Gasteiger partial charge in [-0.05, 0) is 40.0 Å². The second kappa shape index (κ2) is 7.31. The van der Waals surface area contributed by atoms with Crippen LogP contribution >= 0.6 is 15.9 Å². The highest BCUT2D eigenvalue weighted by molar-refractivity contribution is 9.10. The number of nitriles is 1. The molecule has 0 saturated carbocycles. The largest absolute Gasteiger partial charge is 0.490 e. The molecule has 4 heteroatoms. The molecular weight excluding hydrogens is 282 g/mol. The highest BCUT2D eigenvalue weighted by Crippen LogP contribution is 2.25. The number of nitrogens with zero attached hydrogens (tertiary/aromatic N) is 1. The molecule has 0 heterocycles. The van der Waals surface area contributed by atoms with Crippen LogP contribution in [0.4, 0.5) is 0 Å². The molecule has 0 amide bonds. The summed E-state index contributed by atoms with van der Waals surface area (Å²) in [6, 6.07) is 7.33. The summed E-state index contributed by atoms with van der Waals surface area (Å²) >= 11 is 3.36. The summed E-state index contributed by atoms with van der Waals surface area (Å²) < 4.78 is 11.7. The molecule has 0 N–H and O–H groups in total. The molecule has 0 aliphatic heterocycles. The van der Waals surface area contributed by atoms with E-state index in [0.29, 0.717) is 24.7 Å². The standard InChI is InChI=1S/C13H16BrNO2/c1-10(2)9-16-5-6-17-13-4-3-11(8-15)7-12(13)14/h3-4,7,10H,5-6,9H2,1-2H3. The molecular formula is C13H16BrNO2. The van der Waals surface area contributed by atoms with E-state index in [2.05, 4.69) is 35.8 Å². The van der Waals surface area contributed by atoms with Gasteiger partial charge in [0.2, 0.25) is 0 Å². The Labute approximate surface area is 110 Å². The fourth-order valence-corrected chi connectivity index (χ4v) is 1.71. The molecule has 0 aliphatic rings. The van der Waals surface area contributed by atoms with Gasteiger partial charge in [-0.15, -0.1) is 0 Å². The molecule has 0 unspecified atom stereocenters. The first-order chi connectivity index (χ1) is 8.13. The van der Waals surface area contributed by atoms with Crippen molar-refractivity contribution in [2.24, 2.45) is 5.92 Å². The maximum Gasteiger partial charge on any atom is 0.133 e. The van der Waals surface area contributed by atoms with E-state index in [9.17, 15) is 0 Å². The molecule has 1 aromatic rings. The van der Waals surface area contributed by atoms with E-state index in [1.807, 2.05) is 0 Å². The molecule has 0 radical (unpaired) electrons. The van der Waals surface area contributed by atoms with Gasteiger partial charge in [-0.2, -0.15) is 5.26 Å². The number of ether oxygens (including phenoxy) is 2. The van der Waals surface area contributed by atoms with E-state index < -0.39 is 0 Å². The first kappa shape index (κ1) is 14.0. The Bertz CT molecular complexity index is 399. The molecule has 0 fully saturated rings. The topological polar surface area (TPSA) is 42.2 Å². The third-order valence-electron chi connectivity index (χ3n) is 2.00. The maximum absolute atomic E-state index is 8.72. The number of halogens is 1. The van der Waals surface area contributed by atoms with Crippen molar-refractivity contribution < 1.29 is 9.47 Å². The Morgan fingerprint density at radius 3 is 2.71 bits per heavy atom. The van der Waals surface area contributed by atoms with Gasteiger partial charge in [0.25, 0.3) is 0 Å². The first-order valence-electron chi connectivity index (χ1n) is 5.53. The molecule has 1 aromatic carbocycles. The molecule has 0 atom stereocenters. The second-order valence-electron chi connectivity index (χ2n) is 4.07. The summed E-state index contributed by atoms with van der Waals surface area (Å²) in [6.07, 6.45) is 0. The van der Waals surface area contributed by atoms with Gasteiger partial charge in [0.15, 0.2) is 0 Å². The fourth-order valence-electron chi connectivity index (χ4n) is 1.22. The Hall–Kier alpha value is -1.05. The van der Waals surface area contributed by atoms with Crippen LogP contribution in [-0.4, -0.2) is 19.8 Å². The lowest BCUT2D eigenvalue weighted by Crippen LogP contribution is -2.10. The smallest absolute Gasteiger partial charge is 0.133 e. The molecule has 0 aromatic heterocycles. The van der Waals surface area contributed by atoms with Crippen molar-refractivity contribution in [3.63, 3.8) is 0 Å². The van der Waals surface area contributed by atoms with E-state index >= 15 is 0 Å². The second-order valence-corrected chi connectivity index (χ2v) is 4.93. The molecule has 92 valence electrons. The van der Waals surface area contributed by atoms with Crippen LogP contribution in [0.25, 0.3) is 0 Å². The van der Waals surface area contributed by atoms with Crippen LogP contribution in [0.5, 0.6) is 5.75 Å². The van der Waals surface area contributed by atoms with Gasteiger partial charge in [-0.25, -0.2) is 0 Å². The highest BCUT2D eigenvalue weighted by Gasteiger charge is 2.02. The molecule has 0 bridgehead atoms. The highest BCUT2D eigenvalue weighted by atomic mass is 79.9. The average molecular weight is 298 g/mol. The summed E-state index contributed by atoms with van der Waals surface area (Å²) in [4.78, 5) is 0. The summed E-state index contributed by atoms with van der Waals surface area (Å²) in [5.74, 6) is 1.27. The van der Waals surface area contributed by atoms with Crippen LogP contribution in [0.3, 0.4) is 0 Å². The van der Waals surface area contributed by atoms with Crippen LogP contribution in [0.15, 0.2) is 22.7 Å². The predicted molar refractivity (Wildman–Crippen MR) is 70.0 cm³/mol. The molecule has 0 aliphatic carbocycles. The van der Waals surface area contributed by atoms with Crippen LogP contribution in [0, 0.1) is 17.2 Å². The van der Waals surface area contributed by atoms with Crippen molar-refractivity contribution in [2.75, 3.05) is 19.8 Å². The monoisotopic (exact) mass is 297 g/mol. The van der Waals surface area contributed by atoms with Crippen LogP contribution in [0.2, 0.25) is 0 Å². The van der Waals surface area contributed by atoms with Gasteiger partial charge in [0.1, 0.15) is 12.4 Å². The van der Waals surface area contributed by atoms with Gasteiger partial charge in [0.05, 0.1) is 22.7 Å². The van der Waals surface area contributed by atoms with Crippen LogP contribution < -0.4 is 4.74 Å². The van der Waals surface area contributed by atoms with Crippen molar-refractivity contribution in [1.82, 2.24) is 0 Å². The SMILES string of the molecule is CC(C)COCCOc1ccc(C#N)cc1Br. The Kier molecular flexibility index (Phi) is 6.03. The molecule has 0 saturated heterocycles. The van der Waals surface area contributed by atoms with Gasteiger partial charge < -0.3 is 9.47 Å². The summed E-state index contributed by atoms with van der Waals surface area (Å²) in [7, 11) is 0. The van der Waals surface area contributed by atoms with Crippen molar-refractivity contribution >= 4 is 15.9 Å². The zero-order chi connectivity index (χ0) is 12.7. The van der Waals surface area contributed by atoms with Gasteiger partial charge in [-0.3, -0.25) is 0 Å². The lowest BCUT2D eigenvalue weighted by atomic mass is 10.2. The zero-order valence-corrected chi connectivity index (χ0v) is 11.7. The lowest BCUT2D eigenvalue weighted by molar-refractivity contribution is 0.0817. The van der Waals surface area contributed by atoms with Crippen molar-refractivity contribution in [2.45, 2.75) is 13.8 Å². The van der Waals surface area contributed by atoms with Gasteiger partial charge >= 0.3 is 0 Å². The number of hydrogen-bond donors (Lipinski definition) is 0. The van der Waals surface area contributed by atoms with Crippen LogP contribution in [0.1, 0.15) is 19.4 Å². The predicted octanol–water partition coefficient (Wildman–Crippen LogP) is 3.37. The Morgan fingerprint density at radius 2 is 2.12 bits per heavy atom. The fraction of sp³-hybridized carbons (Fsp3) is 0.462. The van der Waals surface area contributed by atoms with Crippen molar-refractivity contribution in [3.8, 4) is 11.8 Å². The molecule has 0 spiro atoms. The van der Waals surface area contributed by atoms with E-state index in [0.717, 1.165) is 16.8 Å². The minimum atomic E-state index is 0.511. The Morgan fingerprint density at radius 1 is 1.35 bits per heavy atom. The normalized spacial score (nSPS) is 10.3. The van der Waals surface area contributed by atoms with Gasteiger partial charge in [0, 0.05) is 6.61 Å². The number of hydrogen-bond acceptors (Lipinski definition) is 3. The third-order valence-corrected chi connectivity index (χ3v) is 2.62. The zero-order valence-electron chi connectivity index (χ0n) is 10.1. The minimum absolute atomic E-state index is 0.511. The third kappa shape index (κ3) is 5.20. The first-order valence-corrected chi connectivity index (χ1v) is 6.33. The van der Waals surface area contributed by atoms with Crippen LogP contribution in [-0.2, 0) is 4.74 Å². The van der Waals surface area contributed by atoms with Crippen molar-refractivity contribution in [3.05, 3.63) is 28.2 Å². The van der Waals surface area contributed by atoms with E-state index in [-0.39, 0.29) is 0 Å². The van der Waals surface area contributed by atoms with E-state index in [4.69, 9.17) is 14.7 Å². The summed E-state index contributed by atoms with van der Waals surface area (Å²) in [5, 5.41) is 8.72. The number of rotatable bonds is 6. The lowest BCUT2D eigenvalue weighted by Gasteiger charge is -2.10. The summed E-state index contributed by atoms with van der Waals surface area (Å²) in [6.45, 7) is 6.05. The van der Waals surface area contributed by atoms with Crippen molar-refractivity contribution in [1.29, 1.82) is 5.26 Å². The minimum Gasteiger partial charge on any atom is -0.490 e. The molecule has 3 nitrogen and oxygen atoms in total. The maximum atomic E-state index is 8.72. The summed E-state index contributed by atoms with van der Waals surface area (Å²) in [5.41, 5.74) is 0.611.